The molecule has 60 valence electrons. The molecule has 1 heterocycles. The zero-order valence-corrected chi connectivity index (χ0v) is 7.20. The Labute approximate surface area is 67.0 Å². The van der Waals surface area contributed by atoms with Crippen molar-refractivity contribution < 1.29 is 4.39 Å². The number of alkyl halides is 1. The average Bonchev–Trinajstić information content (AvgIpc) is 1.88. The molecule has 1 rings (SSSR count). The molecule has 0 amide bonds. The third-order valence-electron chi connectivity index (χ3n) is 2.07. The smallest absolute Gasteiger partial charge is 0.155 e. The fraction of sp³-hybridized carbons (Fsp3) is 1.00. The number of hydrogen-bond acceptors (Lipinski definition) is 2. The van der Waals surface area contributed by atoms with E-state index in [1.165, 1.54) is 0 Å². The van der Waals surface area contributed by atoms with Crippen LogP contribution in [0.4, 0.5) is 4.39 Å². The van der Waals surface area contributed by atoms with Crippen molar-refractivity contribution in [3.05, 3.63) is 0 Å². The quantitative estimate of drug-likeness (QED) is 0.576. The molecule has 1 saturated heterocycles. The number of rotatable bonds is 1. The number of thiol groups is 1. The Morgan fingerprint density at radius 2 is 2.00 bits per heavy atom. The van der Waals surface area contributed by atoms with Gasteiger partial charge in [-0.2, -0.15) is 0 Å². The maximum atomic E-state index is 13.0. The normalized spacial score (nSPS) is 26.7. The first-order valence-electron chi connectivity index (χ1n) is 3.78. The lowest BCUT2D eigenvalue weighted by atomic mass is 10.1. The van der Waals surface area contributed by atoms with E-state index in [4.69, 9.17) is 0 Å². The monoisotopic (exact) mass is 163 g/mol. The van der Waals surface area contributed by atoms with Gasteiger partial charge in [0.2, 0.25) is 0 Å². The van der Waals surface area contributed by atoms with Gasteiger partial charge >= 0.3 is 0 Å². The molecule has 0 unspecified atom stereocenters. The minimum Gasteiger partial charge on any atom is -0.303 e. The summed E-state index contributed by atoms with van der Waals surface area (Å²) in [5, 5.41) is -1.19. The molecule has 0 aliphatic carbocycles. The summed E-state index contributed by atoms with van der Waals surface area (Å²) in [7, 11) is 0. The maximum absolute atomic E-state index is 13.0. The molecule has 0 radical (unpaired) electrons. The van der Waals surface area contributed by atoms with E-state index >= 15 is 0 Å². The van der Waals surface area contributed by atoms with Crippen LogP contribution in [0.5, 0.6) is 0 Å². The summed E-state index contributed by atoms with van der Waals surface area (Å²) in [6.45, 7) is 4.85. The summed E-state index contributed by atoms with van der Waals surface area (Å²) in [5.41, 5.74) is 0. The van der Waals surface area contributed by atoms with Crippen LogP contribution >= 0.6 is 12.6 Å². The van der Waals surface area contributed by atoms with Crippen molar-refractivity contribution in [1.29, 1.82) is 0 Å². The Morgan fingerprint density at radius 3 is 2.40 bits per heavy atom. The molecular formula is C7H14FNS. The van der Waals surface area contributed by atoms with Crippen LogP contribution in [-0.2, 0) is 0 Å². The minimum absolute atomic E-state index is 0.573. The fourth-order valence-electron chi connectivity index (χ4n) is 1.21. The lowest BCUT2D eigenvalue weighted by Crippen LogP contribution is -2.38. The van der Waals surface area contributed by atoms with Crippen molar-refractivity contribution >= 4 is 12.6 Å². The van der Waals surface area contributed by atoms with Gasteiger partial charge in [0, 0.05) is 25.9 Å². The van der Waals surface area contributed by atoms with E-state index in [0.29, 0.717) is 12.8 Å². The van der Waals surface area contributed by atoms with Gasteiger partial charge in [0.05, 0.1) is 0 Å². The fourth-order valence-corrected chi connectivity index (χ4v) is 1.41. The highest BCUT2D eigenvalue weighted by Gasteiger charge is 2.29. The number of hydrogen-bond donors (Lipinski definition) is 1. The summed E-state index contributed by atoms with van der Waals surface area (Å²) in [4.78, 5) is 2.24. The van der Waals surface area contributed by atoms with Crippen LogP contribution in [0.25, 0.3) is 0 Å². The van der Waals surface area contributed by atoms with Gasteiger partial charge in [-0.25, -0.2) is 4.39 Å². The molecule has 3 heteroatoms. The molecule has 0 bridgehead atoms. The molecule has 0 spiro atoms. The predicted molar refractivity (Wildman–Crippen MR) is 44.2 cm³/mol. The van der Waals surface area contributed by atoms with Crippen LogP contribution in [-0.4, -0.2) is 29.5 Å². The number of piperidine rings is 1. The first-order chi connectivity index (χ1) is 4.64. The van der Waals surface area contributed by atoms with Crippen LogP contribution in [0.1, 0.15) is 19.8 Å². The van der Waals surface area contributed by atoms with Crippen LogP contribution < -0.4 is 0 Å². The standard InChI is InChI=1S/C7H14FNS/c1-2-9-5-3-7(8,10)4-6-9/h10H,2-6H2,1H3. The second-order valence-electron chi connectivity index (χ2n) is 2.85. The molecule has 1 aliphatic rings. The van der Waals surface area contributed by atoms with Crippen molar-refractivity contribution in [3.63, 3.8) is 0 Å². The van der Waals surface area contributed by atoms with Gasteiger partial charge in [-0.15, -0.1) is 12.6 Å². The van der Waals surface area contributed by atoms with E-state index < -0.39 is 5.00 Å². The summed E-state index contributed by atoms with van der Waals surface area (Å²) in [6, 6.07) is 0. The highest BCUT2D eigenvalue weighted by molar-refractivity contribution is 7.81. The summed E-state index contributed by atoms with van der Waals surface area (Å²) in [6.07, 6.45) is 1.15. The first kappa shape index (κ1) is 8.34. The highest BCUT2D eigenvalue weighted by Crippen LogP contribution is 2.29. The molecule has 1 nitrogen and oxygen atoms in total. The van der Waals surface area contributed by atoms with E-state index in [0.717, 1.165) is 19.6 Å². The molecule has 0 atom stereocenters. The Kier molecular flexibility index (Phi) is 2.58. The minimum atomic E-state index is -1.19. The van der Waals surface area contributed by atoms with E-state index in [2.05, 4.69) is 24.5 Å². The molecule has 0 aromatic carbocycles. The molecule has 1 aliphatic heterocycles. The summed E-state index contributed by atoms with van der Waals surface area (Å²) < 4.78 is 13.0. The van der Waals surface area contributed by atoms with Crippen molar-refractivity contribution in [2.45, 2.75) is 24.8 Å². The van der Waals surface area contributed by atoms with Gasteiger partial charge in [-0.1, -0.05) is 6.92 Å². The van der Waals surface area contributed by atoms with E-state index in [9.17, 15) is 4.39 Å². The van der Waals surface area contributed by atoms with E-state index in [1.807, 2.05) is 0 Å². The van der Waals surface area contributed by atoms with Gasteiger partial charge in [0.25, 0.3) is 0 Å². The lowest BCUT2D eigenvalue weighted by molar-refractivity contribution is 0.134. The Bertz CT molecular complexity index is 106. The van der Waals surface area contributed by atoms with Crippen molar-refractivity contribution in [2.75, 3.05) is 19.6 Å². The zero-order valence-electron chi connectivity index (χ0n) is 6.31. The zero-order chi connectivity index (χ0) is 7.61. The molecule has 0 aromatic rings. The van der Waals surface area contributed by atoms with Crippen LogP contribution in [0.2, 0.25) is 0 Å². The molecule has 10 heavy (non-hydrogen) atoms. The number of nitrogens with zero attached hydrogens (tertiary/aromatic N) is 1. The molecular weight excluding hydrogens is 149 g/mol. The van der Waals surface area contributed by atoms with Crippen molar-refractivity contribution in [3.8, 4) is 0 Å². The third-order valence-corrected chi connectivity index (χ3v) is 2.52. The SMILES string of the molecule is CCN1CCC(F)(S)CC1. The van der Waals surface area contributed by atoms with Gasteiger partial charge in [-0.3, -0.25) is 0 Å². The molecule has 0 aromatic heterocycles. The van der Waals surface area contributed by atoms with Gasteiger partial charge < -0.3 is 4.90 Å². The molecule has 1 fully saturated rings. The van der Waals surface area contributed by atoms with Gasteiger partial charge in [-0.05, 0) is 6.54 Å². The Hall–Kier alpha value is 0.240. The summed E-state index contributed by atoms with van der Waals surface area (Å²) >= 11 is 3.90. The number of likely N-dealkylation sites (tertiary alicyclic amines) is 1. The van der Waals surface area contributed by atoms with Crippen molar-refractivity contribution in [2.24, 2.45) is 0 Å². The number of halogens is 1. The summed E-state index contributed by atoms with van der Waals surface area (Å²) in [5.74, 6) is 0. The third kappa shape index (κ3) is 2.13. The predicted octanol–water partition coefficient (Wildman–Crippen LogP) is 1.70. The van der Waals surface area contributed by atoms with Crippen LogP contribution in [0.15, 0.2) is 0 Å². The van der Waals surface area contributed by atoms with Gasteiger partial charge in [0.1, 0.15) is 0 Å². The first-order valence-corrected chi connectivity index (χ1v) is 4.22. The van der Waals surface area contributed by atoms with E-state index in [-0.39, 0.29) is 0 Å². The maximum Gasteiger partial charge on any atom is 0.155 e. The van der Waals surface area contributed by atoms with Crippen LogP contribution in [0, 0.1) is 0 Å². The van der Waals surface area contributed by atoms with Crippen molar-refractivity contribution in [1.82, 2.24) is 4.90 Å². The Morgan fingerprint density at radius 1 is 1.50 bits per heavy atom. The molecule has 0 saturated carbocycles. The highest BCUT2D eigenvalue weighted by atomic mass is 32.1. The largest absolute Gasteiger partial charge is 0.303 e. The molecule has 0 N–H and O–H groups in total. The topological polar surface area (TPSA) is 3.24 Å². The second kappa shape index (κ2) is 3.09. The van der Waals surface area contributed by atoms with E-state index in [1.54, 1.807) is 0 Å². The van der Waals surface area contributed by atoms with Crippen LogP contribution in [0.3, 0.4) is 0 Å². The Balaban J connectivity index is 2.31. The average molecular weight is 163 g/mol. The second-order valence-corrected chi connectivity index (χ2v) is 3.65. The van der Waals surface area contributed by atoms with Gasteiger partial charge in [0.15, 0.2) is 5.00 Å². The lowest BCUT2D eigenvalue weighted by Gasteiger charge is -2.32.